The van der Waals surface area contributed by atoms with Crippen LogP contribution >= 0.6 is 0 Å². The molecule has 3 fully saturated rings. The van der Waals surface area contributed by atoms with Crippen molar-refractivity contribution in [2.24, 2.45) is 17.8 Å². The van der Waals surface area contributed by atoms with Crippen molar-refractivity contribution in [1.29, 1.82) is 0 Å². The summed E-state index contributed by atoms with van der Waals surface area (Å²) in [5.74, 6) is -2.79. The molecule has 2 bridgehead atoms. The van der Waals surface area contributed by atoms with E-state index in [4.69, 9.17) is 9.47 Å². The van der Waals surface area contributed by atoms with Crippen molar-refractivity contribution in [1.82, 2.24) is 4.90 Å². The first kappa shape index (κ1) is 28.0. The van der Waals surface area contributed by atoms with Crippen molar-refractivity contribution in [3.63, 3.8) is 0 Å². The molecule has 2 amide bonds. The molecular formula is C30H40N2O6. The van der Waals surface area contributed by atoms with Crippen LogP contribution in [-0.4, -0.2) is 71.3 Å². The monoisotopic (exact) mass is 524 g/mol. The smallest absolute Gasteiger partial charge is 0.312 e. The summed E-state index contributed by atoms with van der Waals surface area (Å²) >= 11 is 0. The first-order valence-corrected chi connectivity index (χ1v) is 13.5. The highest BCUT2D eigenvalue weighted by Crippen LogP contribution is 2.65. The lowest BCUT2D eigenvalue weighted by Gasteiger charge is -2.37. The van der Waals surface area contributed by atoms with Crippen molar-refractivity contribution < 1.29 is 29.0 Å². The molecule has 206 valence electrons. The molecule has 0 saturated carbocycles. The molecule has 1 spiro atoms. The van der Waals surface area contributed by atoms with E-state index in [0.717, 1.165) is 16.8 Å². The van der Waals surface area contributed by atoms with Gasteiger partial charge in [-0.1, -0.05) is 31.2 Å². The summed E-state index contributed by atoms with van der Waals surface area (Å²) in [6, 6.07) is 4.97. The Balaban J connectivity index is 1.81. The molecule has 3 heterocycles. The minimum Gasteiger partial charge on any atom is -0.465 e. The number of anilines is 1. The Hall–Kier alpha value is -2.97. The van der Waals surface area contributed by atoms with E-state index in [-0.39, 0.29) is 44.0 Å². The van der Waals surface area contributed by atoms with E-state index < -0.39 is 35.0 Å². The summed E-state index contributed by atoms with van der Waals surface area (Å²) in [7, 11) is 0. The van der Waals surface area contributed by atoms with Crippen LogP contribution in [0.1, 0.15) is 44.2 Å². The van der Waals surface area contributed by atoms with Crippen LogP contribution in [0.2, 0.25) is 0 Å². The largest absolute Gasteiger partial charge is 0.465 e. The number of aliphatic hydroxyl groups excluding tert-OH is 1. The summed E-state index contributed by atoms with van der Waals surface area (Å²) in [5.41, 5.74) is 0.570. The van der Waals surface area contributed by atoms with Crippen LogP contribution in [0, 0.1) is 31.6 Å². The second-order valence-electron chi connectivity index (χ2n) is 11.1. The van der Waals surface area contributed by atoms with Crippen LogP contribution in [-0.2, 0) is 23.9 Å². The van der Waals surface area contributed by atoms with Gasteiger partial charge in [-0.15, -0.1) is 13.2 Å². The predicted molar refractivity (Wildman–Crippen MR) is 144 cm³/mol. The molecular weight excluding hydrogens is 484 g/mol. The molecule has 3 saturated heterocycles. The third-order valence-electron chi connectivity index (χ3n) is 8.66. The van der Waals surface area contributed by atoms with Crippen molar-refractivity contribution in [3.05, 3.63) is 54.6 Å². The summed E-state index contributed by atoms with van der Waals surface area (Å²) in [6.45, 7) is 15.8. The molecule has 6 atom stereocenters. The molecule has 0 radical (unpaired) electrons. The fourth-order valence-electron chi connectivity index (χ4n) is 6.78. The quantitative estimate of drug-likeness (QED) is 0.271. The highest BCUT2D eigenvalue weighted by molar-refractivity contribution is 6.05. The van der Waals surface area contributed by atoms with Gasteiger partial charge in [-0.3, -0.25) is 14.4 Å². The topological polar surface area (TPSA) is 96.4 Å². The Morgan fingerprint density at radius 1 is 1.29 bits per heavy atom. The third-order valence-corrected chi connectivity index (χ3v) is 8.66. The predicted octanol–water partition coefficient (Wildman–Crippen LogP) is 3.33. The first-order valence-electron chi connectivity index (χ1n) is 13.5. The van der Waals surface area contributed by atoms with Gasteiger partial charge in [0.1, 0.15) is 17.6 Å². The Kier molecular flexibility index (Phi) is 7.86. The maximum atomic E-state index is 14.6. The Morgan fingerprint density at radius 3 is 2.68 bits per heavy atom. The number of amides is 2. The highest BCUT2D eigenvalue weighted by Gasteiger charge is 2.80. The molecule has 4 rings (SSSR count). The van der Waals surface area contributed by atoms with Crippen LogP contribution in [0.3, 0.4) is 0 Å². The van der Waals surface area contributed by atoms with Crippen LogP contribution in [0.5, 0.6) is 0 Å². The van der Waals surface area contributed by atoms with E-state index >= 15 is 0 Å². The van der Waals surface area contributed by atoms with E-state index in [1.54, 1.807) is 17.1 Å². The van der Waals surface area contributed by atoms with Crippen LogP contribution < -0.4 is 4.90 Å². The molecule has 0 aliphatic carbocycles. The zero-order valence-corrected chi connectivity index (χ0v) is 22.9. The number of fused-ring (bicyclic) bond motifs is 1. The maximum Gasteiger partial charge on any atom is 0.312 e. The zero-order chi connectivity index (χ0) is 27.8. The van der Waals surface area contributed by atoms with Gasteiger partial charge >= 0.3 is 5.97 Å². The SMILES string of the molecule is C=CCCOC(=O)[C@@H]1[C@H]2C(=O)N(CCCO)C(C(=O)N(CC=C)c3cc(C)ccc3C)C23CC(C)[C@@]1(C)O3. The van der Waals surface area contributed by atoms with Gasteiger partial charge in [0.05, 0.1) is 18.1 Å². The van der Waals surface area contributed by atoms with E-state index in [1.807, 2.05) is 45.9 Å². The Morgan fingerprint density at radius 2 is 2.03 bits per heavy atom. The van der Waals surface area contributed by atoms with Gasteiger partial charge in [0.25, 0.3) is 5.91 Å². The minimum absolute atomic E-state index is 0.0786. The number of hydrogen-bond donors (Lipinski definition) is 1. The van der Waals surface area contributed by atoms with Gasteiger partial charge in [-0.25, -0.2) is 0 Å². The maximum absolute atomic E-state index is 14.6. The molecule has 3 aliphatic heterocycles. The number of carbonyl (C=O) groups excluding carboxylic acids is 3. The Bertz CT molecular complexity index is 1130. The summed E-state index contributed by atoms with van der Waals surface area (Å²) < 4.78 is 12.3. The number of ether oxygens (including phenoxy) is 2. The molecule has 8 nitrogen and oxygen atoms in total. The highest BCUT2D eigenvalue weighted by atomic mass is 16.6. The molecule has 1 N–H and O–H groups in total. The minimum atomic E-state index is -1.17. The van der Waals surface area contributed by atoms with Gasteiger partial charge in [0, 0.05) is 25.4 Å². The first-order chi connectivity index (χ1) is 18.1. The van der Waals surface area contributed by atoms with E-state index in [9.17, 15) is 19.5 Å². The second-order valence-corrected chi connectivity index (χ2v) is 11.1. The van der Waals surface area contributed by atoms with E-state index in [0.29, 0.717) is 19.3 Å². The number of nitrogens with zero attached hydrogens (tertiary/aromatic N) is 2. The zero-order valence-electron chi connectivity index (χ0n) is 22.9. The average Bonchev–Trinajstić information content (AvgIpc) is 3.39. The molecule has 38 heavy (non-hydrogen) atoms. The van der Waals surface area contributed by atoms with Gasteiger partial charge in [-0.2, -0.15) is 0 Å². The van der Waals surface area contributed by atoms with Gasteiger partial charge in [0.15, 0.2) is 0 Å². The van der Waals surface area contributed by atoms with Crippen molar-refractivity contribution >= 4 is 23.5 Å². The Labute approximate surface area is 225 Å². The normalized spacial score (nSPS) is 31.3. The number of rotatable bonds is 11. The van der Waals surface area contributed by atoms with Crippen molar-refractivity contribution in [2.45, 2.75) is 64.2 Å². The van der Waals surface area contributed by atoms with E-state index in [1.165, 1.54) is 4.90 Å². The lowest BCUT2D eigenvalue weighted by molar-refractivity contribution is -0.161. The van der Waals surface area contributed by atoms with Crippen molar-refractivity contribution in [3.8, 4) is 0 Å². The number of carbonyl (C=O) groups is 3. The van der Waals surface area contributed by atoms with Crippen LogP contribution in [0.15, 0.2) is 43.5 Å². The summed E-state index contributed by atoms with van der Waals surface area (Å²) in [6.07, 6.45) is 4.62. The molecule has 1 aromatic rings. The fraction of sp³-hybridized carbons (Fsp3) is 0.567. The number of aryl methyl sites for hydroxylation is 2. The third kappa shape index (κ3) is 4.28. The lowest BCUT2D eigenvalue weighted by Crippen LogP contribution is -2.57. The number of benzene rings is 1. The number of aliphatic hydroxyl groups is 1. The standard InChI is InChI=1S/C30H40N2O6/c1-7-9-16-37-28(36)24-23-26(34)32(14-10-15-33)25(30(23)18-21(5)29(24,6)38-30)27(35)31(13-8-2)22-17-19(3)11-12-20(22)4/h7-8,11-12,17,21,23-25,33H,1-2,9-10,13-16,18H2,3-6H3/t21?,23-,24-,25?,29+,30?/m0/s1. The number of hydrogen-bond acceptors (Lipinski definition) is 6. The molecule has 3 aliphatic rings. The molecule has 0 aromatic heterocycles. The van der Waals surface area contributed by atoms with Crippen molar-refractivity contribution in [2.75, 3.05) is 31.2 Å². The van der Waals surface area contributed by atoms with Gasteiger partial charge in [-0.05, 0) is 63.1 Å². The van der Waals surface area contributed by atoms with Crippen LogP contribution in [0.4, 0.5) is 5.69 Å². The van der Waals surface area contributed by atoms with Gasteiger partial charge < -0.3 is 24.4 Å². The summed E-state index contributed by atoms with van der Waals surface area (Å²) in [5, 5.41) is 9.59. The summed E-state index contributed by atoms with van der Waals surface area (Å²) in [4.78, 5) is 45.3. The number of likely N-dealkylation sites (tertiary alicyclic amines) is 1. The van der Waals surface area contributed by atoms with Gasteiger partial charge in [0.2, 0.25) is 5.91 Å². The van der Waals surface area contributed by atoms with E-state index in [2.05, 4.69) is 13.2 Å². The molecule has 3 unspecified atom stereocenters. The lowest BCUT2D eigenvalue weighted by atomic mass is 9.62. The molecule has 8 heteroatoms. The fourth-order valence-corrected chi connectivity index (χ4v) is 6.78. The van der Waals surface area contributed by atoms with Crippen LogP contribution in [0.25, 0.3) is 0 Å². The molecule has 1 aromatic carbocycles. The number of esters is 1. The second kappa shape index (κ2) is 10.7. The average molecular weight is 525 g/mol.